The predicted molar refractivity (Wildman–Crippen MR) is 110 cm³/mol. The van der Waals surface area contributed by atoms with Gasteiger partial charge in [-0.05, 0) is 49.6 Å². The van der Waals surface area contributed by atoms with Crippen LogP contribution in [0.4, 0.5) is 14.0 Å². The molecule has 30 heavy (non-hydrogen) atoms. The summed E-state index contributed by atoms with van der Waals surface area (Å²) in [4.78, 5) is 36.1. The van der Waals surface area contributed by atoms with Gasteiger partial charge in [0.25, 0.3) is 0 Å². The minimum atomic E-state index is -2.00. The fourth-order valence-electron chi connectivity index (χ4n) is 2.64. The van der Waals surface area contributed by atoms with Gasteiger partial charge in [0.05, 0.1) is 5.92 Å². The number of ether oxygens (including phenoxy) is 2. The van der Waals surface area contributed by atoms with Crippen molar-refractivity contribution < 1.29 is 28.2 Å². The fourth-order valence-corrected chi connectivity index (χ4v) is 2.84. The summed E-state index contributed by atoms with van der Waals surface area (Å²) in [5.74, 6) is -1.06. The lowest BCUT2D eigenvalue weighted by Gasteiger charge is -2.21. The van der Waals surface area contributed by atoms with Gasteiger partial charge in [0.1, 0.15) is 5.75 Å². The SMILES string of the molecule is CC(Cl)OC(=O)N(CCC(Cc1ccccc1)C(=O)Oc1ccc(Cl)cc1)C(=O)F. The second kappa shape index (κ2) is 11.5. The number of carbonyl (C=O) groups excluding carboxylic acids is 3. The number of carbonyl (C=O) groups is 3. The number of benzene rings is 2. The van der Waals surface area contributed by atoms with E-state index in [1.807, 2.05) is 30.3 Å². The summed E-state index contributed by atoms with van der Waals surface area (Å²) in [6.45, 7) is 0.965. The van der Waals surface area contributed by atoms with Gasteiger partial charge < -0.3 is 9.47 Å². The molecule has 0 bridgehead atoms. The van der Waals surface area contributed by atoms with Gasteiger partial charge >= 0.3 is 18.2 Å². The number of imide groups is 1. The molecule has 160 valence electrons. The number of alkyl halides is 1. The van der Waals surface area contributed by atoms with Crippen molar-refractivity contribution in [3.05, 3.63) is 65.2 Å². The molecule has 6 nitrogen and oxygen atoms in total. The van der Waals surface area contributed by atoms with E-state index in [-0.39, 0.29) is 30.0 Å². The van der Waals surface area contributed by atoms with Crippen LogP contribution in [-0.4, -0.2) is 35.2 Å². The highest BCUT2D eigenvalue weighted by Crippen LogP contribution is 2.20. The fraction of sp³-hybridized carbons (Fsp3) is 0.286. The monoisotopic (exact) mass is 455 g/mol. The molecule has 0 fully saturated rings. The predicted octanol–water partition coefficient (Wildman–Crippen LogP) is 5.61. The molecule has 0 radical (unpaired) electrons. The second-order valence-electron chi connectivity index (χ2n) is 6.38. The molecule has 0 aromatic heterocycles. The zero-order chi connectivity index (χ0) is 22.1. The molecule has 0 aliphatic carbocycles. The number of hydrogen-bond donors (Lipinski definition) is 0. The van der Waals surface area contributed by atoms with E-state index in [0.29, 0.717) is 5.02 Å². The Bertz CT molecular complexity index is 861. The summed E-state index contributed by atoms with van der Waals surface area (Å²) in [6, 6.07) is 15.3. The summed E-state index contributed by atoms with van der Waals surface area (Å²) in [7, 11) is 0. The molecule has 0 heterocycles. The smallest absolute Gasteiger partial charge is 0.420 e. The van der Waals surface area contributed by atoms with E-state index in [9.17, 15) is 18.8 Å². The first-order valence-electron chi connectivity index (χ1n) is 9.09. The van der Waals surface area contributed by atoms with Gasteiger partial charge in [-0.1, -0.05) is 53.5 Å². The molecule has 2 unspecified atom stereocenters. The van der Waals surface area contributed by atoms with Crippen LogP contribution >= 0.6 is 23.2 Å². The van der Waals surface area contributed by atoms with Crippen LogP contribution in [0, 0.1) is 5.92 Å². The van der Waals surface area contributed by atoms with Crippen molar-refractivity contribution in [2.45, 2.75) is 25.3 Å². The first-order valence-corrected chi connectivity index (χ1v) is 9.90. The largest absolute Gasteiger partial charge is 0.430 e. The average molecular weight is 456 g/mol. The first-order chi connectivity index (χ1) is 14.3. The molecular weight excluding hydrogens is 436 g/mol. The van der Waals surface area contributed by atoms with Crippen molar-refractivity contribution in [3.8, 4) is 5.75 Å². The van der Waals surface area contributed by atoms with Crippen LogP contribution in [0.5, 0.6) is 5.75 Å². The van der Waals surface area contributed by atoms with Crippen molar-refractivity contribution in [1.82, 2.24) is 4.90 Å². The summed E-state index contributed by atoms with van der Waals surface area (Å²) in [6.07, 6.45) is -3.00. The van der Waals surface area contributed by atoms with E-state index in [1.54, 1.807) is 12.1 Å². The summed E-state index contributed by atoms with van der Waals surface area (Å²) in [5.41, 5.74) is -0.208. The third-order valence-electron chi connectivity index (χ3n) is 4.09. The lowest BCUT2D eigenvalue weighted by molar-refractivity contribution is -0.139. The Kier molecular flexibility index (Phi) is 9.08. The van der Waals surface area contributed by atoms with Crippen molar-refractivity contribution >= 4 is 41.4 Å². The summed E-state index contributed by atoms with van der Waals surface area (Å²) >= 11 is 11.4. The number of nitrogens with zero attached hydrogens (tertiary/aromatic N) is 1. The van der Waals surface area contributed by atoms with Gasteiger partial charge in [-0.2, -0.15) is 0 Å². The van der Waals surface area contributed by atoms with Gasteiger partial charge in [-0.15, -0.1) is 4.39 Å². The van der Waals surface area contributed by atoms with E-state index < -0.39 is 29.7 Å². The Morgan fingerprint density at radius 3 is 2.27 bits per heavy atom. The van der Waals surface area contributed by atoms with E-state index in [2.05, 4.69) is 4.74 Å². The third kappa shape index (κ3) is 7.65. The maximum Gasteiger partial charge on any atom is 0.420 e. The average Bonchev–Trinajstić information content (AvgIpc) is 2.69. The molecule has 0 N–H and O–H groups in total. The molecular formula is C21H20Cl2FNO5. The topological polar surface area (TPSA) is 72.9 Å². The van der Waals surface area contributed by atoms with E-state index in [0.717, 1.165) is 5.56 Å². The maximum atomic E-state index is 13.3. The highest BCUT2D eigenvalue weighted by Gasteiger charge is 2.28. The number of hydrogen-bond acceptors (Lipinski definition) is 5. The number of rotatable bonds is 8. The van der Waals surface area contributed by atoms with Crippen molar-refractivity contribution in [3.63, 3.8) is 0 Å². The molecule has 0 spiro atoms. The third-order valence-corrected chi connectivity index (χ3v) is 4.43. The second-order valence-corrected chi connectivity index (χ2v) is 7.43. The van der Waals surface area contributed by atoms with E-state index in [4.69, 9.17) is 27.9 Å². The Hall–Kier alpha value is -2.64. The van der Waals surface area contributed by atoms with Crippen LogP contribution in [-0.2, 0) is 16.0 Å². The zero-order valence-electron chi connectivity index (χ0n) is 16.1. The number of halogens is 3. The zero-order valence-corrected chi connectivity index (χ0v) is 17.6. The molecule has 2 aromatic carbocycles. The van der Waals surface area contributed by atoms with Crippen LogP contribution in [0.2, 0.25) is 5.02 Å². The molecule has 2 amide bonds. The van der Waals surface area contributed by atoms with Crippen LogP contribution in [0.15, 0.2) is 54.6 Å². The molecule has 0 aliphatic rings. The molecule has 2 atom stereocenters. The molecule has 0 saturated heterocycles. The normalized spacial score (nSPS) is 12.5. The highest BCUT2D eigenvalue weighted by atomic mass is 35.5. The summed E-state index contributed by atoms with van der Waals surface area (Å²) < 4.78 is 23.4. The standard InChI is InChI=1S/C21H20Cl2FNO5/c1-14(22)29-21(28)25(20(24)27)12-11-16(13-15-5-3-2-4-6-15)19(26)30-18-9-7-17(23)8-10-18/h2-10,14,16H,11-13H2,1H3. The van der Waals surface area contributed by atoms with Crippen molar-refractivity contribution in [2.24, 2.45) is 5.92 Å². The maximum absolute atomic E-state index is 13.3. The summed E-state index contributed by atoms with van der Waals surface area (Å²) in [5, 5.41) is 0.486. The van der Waals surface area contributed by atoms with Crippen LogP contribution in [0.25, 0.3) is 0 Å². The lowest BCUT2D eigenvalue weighted by atomic mass is 9.96. The molecule has 2 rings (SSSR count). The first kappa shape index (κ1) is 23.6. The Morgan fingerprint density at radius 1 is 1.07 bits per heavy atom. The Morgan fingerprint density at radius 2 is 1.70 bits per heavy atom. The van der Waals surface area contributed by atoms with Gasteiger partial charge in [0, 0.05) is 11.6 Å². The van der Waals surface area contributed by atoms with Crippen LogP contribution in [0.1, 0.15) is 18.9 Å². The molecule has 2 aromatic rings. The minimum Gasteiger partial charge on any atom is -0.430 e. The van der Waals surface area contributed by atoms with Gasteiger partial charge in [-0.25, -0.2) is 14.5 Å². The lowest BCUT2D eigenvalue weighted by Crippen LogP contribution is -2.38. The number of amides is 2. The van der Waals surface area contributed by atoms with E-state index in [1.165, 1.54) is 19.1 Å². The van der Waals surface area contributed by atoms with Crippen molar-refractivity contribution in [1.29, 1.82) is 0 Å². The Labute approximate surface area is 183 Å². The quantitative estimate of drug-likeness (QED) is 0.170. The van der Waals surface area contributed by atoms with Gasteiger partial charge in [0.15, 0.2) is 5.56 Å². The Balaban J connectivity index is 2.13. The van der Waals surface area contributed by atoms with Crippen LogP contribution in [0.3, 0.4) is 0 Å². The molecule has 9 heteroatoms. The molecule has 0 aliphatic heterocycles. The van der Waals surface area contributed by atoms with E-state index >= 15 is 0 Å². The van der Waals surface area contributed by atoms with Crippen molar-refractivity contribution in [2.75, 3.05) is 6.54 Å². The van der Waals surface area contributed by atoms with Crippen LogP contribution < -0.4 is 4.74 Å². The van der Waals surface area contributed by atoms with Gasteiger partial charge in [-0.3, -0.25) is 4.79 Å². The highest BCUT2D eigenvalue weighted by molar-refractivity contribution is 6.30. The number of esters is 1. The molecule has 0 saturated carbocycles. The van der Waals surface area contributed by atoms with Gasteiger partial charge in [0.2, 0.25) is 0 Å². The minimum absolute atomic E-state index is 0.0389.